The van der Waals surface area contributed by atoms with Crippen LogP contribution in [0.2, 0.25) is 0 Å². The van der Waals surface area contributed by atoms with E-state index in [1.54, 1.807) is 6.07 Å². The molecule has 0 aliphatic heterocycles. The van der Waals surface area contributed by atoms with Crippen LogP contribution in [0.3, 0.4) is 0 Å². The van der Waals surface area contributed by atoms with Gasteiger partial charge in [0.1, 0.15) is 0 Å². The lowest BCUT2D eigenvalue weighted by molar-refractivity contribution is -0.134. The van der Waals surface area contributed by atoms with Crippen molar-refractivity contribution in [2.45, 2.75) is 19.5 Å². The molecule has 130 valence electrons. The molecule has 0 amide bonds. The van der Waals surface area contributed by atoms with Gasteiger partial charge in [-0.15, -0.1) is 0 Å². The summed E-state index contributed by atoms with van der Waals surface area (Å²) in [5.41, 5.74) is 6.69. The maximum absolute atomic E-state index is 13.4. The van der Waals surface area contributed by atoms with Gasteiger partial charge in [0.2, 0.25) is 0 Å². The maximum Gasteiger partial charge on any atom is 0.328 e. The molecule has 0 aliphatic carbocycles. The van der Waals surface area contributed by atoms with Crippen molar-refractivity contribution >= 4 is 22.8 Å². The van der Waals surface area contributed by atoms with Crippen LogP contribution in [0.15, 0.2) is 36.5 Å². The first kappa shape index (κ1) is 19.2. The van der Waals surface area contributed by atoms with Gasteiger partial charge in [0, 0.05) is 42.4 Å². The molecule has 1 aromatic carbocycles. The first-order chi connectivity index (χ1) is 11.2. The summed E-state index contributed by atoms with van der Waals surface area (Å²) in [6.07, 6.45) is 3.03. The van der Waals surface area contributed by atoms with Crippen LogP contribution in [0.25, 0.3) is 10.9 Å². The summed E-state index contributed by atoms with van der Waals surface area (Å²) >= 11 is 0. The number of rotatable bonds is 5. The molecular weight excluding hydrogens is 319 g/mol. The average Bonchev–Trinajstić information content (AvgIpc) is 2.86. The van der Waals surface area contributed by atoms with Gasteiger partial charge in [0.15, 0.2) is 11.6 Å². The van der Waals surface area contributed by atoms with E-state index in [0.717, 1.165) is 10.9 Å². The van der Waals surface area contributed by atoms with Crippen LogP contribution in [-0.2, 0) is 16.1 Å². The Labute approximate surface area is 137 Å². The van der Waals surface area contributed by atoms with E-state index in [-0.39, 0.29) is 17.6 Å². The molecule has 1 atom stereocenters. The van der Waals surface area contributed by atoms with E-state index in [4.69, 9.17) is 20.7 Å². The van der Waals surface area contributed by atoms with Crippen molar-refractivity contribution < 1.29 is 28.9 Å². The van der Waals surface area contributed by atoms with Crippen LogP contribution < -0.4 is 10.5 Å². The molecule has 1 unspecified atom stereocenters. The molecule has 4 N–H and O–H groups in total. The second-order valence-electron chi connectivity index (χ2n) is 5.00. The Balaban J connectivity index is 0.000000307. The van der Waals surface area contributed by atoms with Crippen LogP contribution in [0.5, 0.6) is 5.75 Å². The van der Waals surface area contributed by atoms with E-state index >= 15 is 0 Å². The highest BCUT2D eigenvalue weighted by Gasteiger charge is 2.09. The van der Waals surface area contributed by atoms with Crippen molar-refractivity contribution in [1.29, 1.82) is 0 Å². The minimum Gasteiger partial charge on any atom is -0.494 e. The predicted molar refractivity (Wildman–Crippen MR) is 86.5 cm³/mol. The smallest absolute Gasteiger partial charge is 0.328 e. The number of nitrogens with two attached hydrogens (primary N) is 1. The van der Waals surface area contributed by atoms with E-state index in [2.05, 4.69) is 0 Å². The summed E-state index contributed by atoms with van der Waals surface area (Å²) < 4.78 is 20.4. The van der Waals surface area contributed by atoms with Gasteiger partial charge in [-0.1, -0.05) is 0 Å². The Morgan fingerprint density at radius 2 is 1.92 bits per heavy atom. The van der Waals surface area contributed by atoms with Gasteiger partial charge in [0.25, 0.3) is 0 Å². The summed E-state index contributed by atoms with van der Waals surface area (Å²) in [4.78, 5) is 19.1. The minimum absolute atomic E-state index is 0.0617. The first-order valence-electron chi connectivity index (χ1n) is 6.96. The molecule has 2 rings (SSSR count). The fourth-order valence-corrected chi connectivity index (χ4v) is 1.96. The number of fused-ring (bicyclic) bond motifs is 1. The standard InChI is InChI=1S/C12H15FN2O.C4H4O4/c1-8(14)7-15-4-3-9-5-10(13)12(16-2)6-11(9)15;5-3(6)1-2-4(7)8/h3-6,8H,7,14H2,1-2H3;1-2H,(H,5,6)(H,7,8)/b;2-1+. The highest BCUT2D eigenvalue weighted by molar-refractivity contribution is 5.89. The van der Waals surface area contributed by atoms with E-state index in [0.29, 0.717) is 18.7 Å². The molecule has 0 saturated heterocycles. The van der Waals surface area contributed by atoms with Crippen LogP contribution in [-0.4, -0.2) is 39.9 Å². The third-order valence-corrected chi connectivity index (χ3v) is 2.90. The number of nitrogens with zero attached hydrogens (tertiary/aromatic N) is 1. The SMILES string of the molecule is COc1cc2c(ccn2CC(C)N)cc1F.O=C(O)/C=C/C(=O)O. The van der Waals surface area contributed by atoms with E-state index in [1.165, 1.54) is 13.2 Å². The molecule has 0 bridgehead atoms. The maximum atomic E-state index is 13.4. The van der Waals surface area contributed by atoms with Gasteiger partial charge in [-0.05, 0) is 19.1 Å². The van der Waals surface area contributed by atoms with Gasteiger partial charge in [0.05, 0.1) is 12.6 Å². The first-order valence-corrected chi connectivity index (χ1v) is 6.96. The molecule has 7 nitrogen and oxygen atoms in total. The zero-order valence-electron chi connectivity index (χ0n) is 13.3. The van der Waals surface area contributed by atoms with Crippen LogP contribution in [0.1, 0.15) is 6.92 Å². The van der Waals surface area contributed by atoms with Crippen molar-refractivity contribution in [2.24, 2.45) is 5.73 Å². The average molecular weight is 338 g/mol. The number of carbonyl (C=O) groups is 2. The Bertz CT molecular complexity index is 736. The van der Waals surface area contributed by atoms with Gasteiger partial charge >= 0.3 is 11.9 Å². The number of hydrogen-bond acceptors (Lipinski definition) is 4. The number of aromatic nitrogens is 1. The van der Waals surface area contributed by atoms with Gasteiger partial charge < -0.3 is 25.3 Å². The molecule has 1 aromatic heterocycles. The van der Waals surface area contributed by atoms with Crippen molar-refractivity contribution in [1.82, 2.24) is 4.57 Å². The number of aliphatic carboxylic acids is 2. The third kappa shape index (κ3) is 5.73. The Morgan fingerprint density at radius 1 is 1.33 bits per heavy atom. The molecule has 0 radical (unpaired) electrons. The second kappa shape index (κ2) is 8.68. The highest BCUT2D eigenvalue weighted by Crippen LogP contribution is 2.25. The zero-order valence-corrected chi connectivity index (χ0v) is 13.3. The molecule has 0 fully saturated rings. The Hall–Kier alpha value is -2.87. The molecular formula is C16H19FN2O5. The quantitative estimate of drug-likeness (QED) is 0.717. The number of ether oxygens (including phenoxy) is 1. The molecule has 0 saturated carbocycles. The van der Waals surface area contributed by atoms with Crippen molar-refractivity contribution in [3.05, 3.63) is 42.4 Å². The number of halogens is 1. The van der Waals surface area contributed by atoms with Gasteiger partial charge in [-0.25, -0.2) is 14.0 Å². The van der Waals surface area contributed by atoms with E-state index < -0.39 is 11.9 Å². The molecule has 2 aromatic rings. The number of carboxylic acid groups (broad SMARTS) is 2. The van der Waals surface area contributed by atoms with Crippen LogP contribution >= 0.6 is 0 Å². The van der Waals surface area contributed by atoms with E-state index in [1.807, 2.05) is 23.8 Å². The summed E-state index contributed by atoms with van der Waals surface area (Å²) in [6.45, 7) is 2.64. The Morgan fingerprint density at radius 3 is 2.38 bits per heavy atom. The summed E-state index contributed by atoms with van der Waals surface area (Å²) in [5.74, 6) is -2.59. The summed E-state index contributed by atoms with van der Waals surface area (Å²) in [7, 11) is 1.46. The lowest BCUT2D eigenvalue weighted by Crippen LogP contribution is -2.21. The van der Waals surface area contributed by atoms with Gasteiger partial charge in [-0.3, -0.25) is 0 Å². The predicted octanol–water partition coefficient (Wildman–Crippen LogP) is 1.85. The summed E-state index contributed by atoms with van der Waals surface area (Å²) in [6, 6.07) is 5.12. The van der Waals surface area contributed by atoms with Crippen LogP contribution in [0, 0.1) is 5.82 Å². The fraction of sp³-hybridized carbons (Fsp3) is 0.250. The van der Waals surface area contributed by atoms with Crippen LogP contribution in [0.4, 0.5) is 4.39 Å². The van der Waals surface area contributed by atoms with E-state index in [9.17, 15) is 14.0 Å². The largest absolute Gasteiger partial charge is 0.494 e. The minimum atomic E-state index is -1.26. The van der Waals surface area contributed by atoms with Crippen molar-refractivity contribution in [3.63, 3.8) is 0 Å². The molecule has 0 aliphatic rings. The van der Waals surface area contributed by atoms with Crippen molar-refractivity contribution in [3.8, 4) is 5.75 Å². The topological polar surface area (TPSA) is 115 Å². The lowest BCUT2D eigenvalue weighted by atomic mass is 10.2. The zero-order chi connectivity index (χ0) is 18.3. The molecule has 24 heavy (non-hydrogen) atoms. The highest BCUT2D eigenvalue weighted by atomic mass is 19.1. The van der Waals surface area contributed by atoms with Gasteiger partial charge in [-0.2, -0.15) is 0 Å². The number of carboxylic acids is 2. The molecule has 0 spiro atoms. The monoisotopic (exact) mass is 338 g/mol. The van der Waals surface area contributed by atoms with Crippen molar-refractivity contribution in [2.75, 3.05) is 7.11 Å². The number of methoxy groups -OCH3 is 1. The molecule has 8 heteroatoms. The fourth-order valence-electron chi connectivity index (χ4n) is 1.96. The number of hydrogen-bond donors (Lipinski definition) is 3. The Kier molecular flexibility index (Phi) is 6.94. The normalized spacial score (nSPS) is 11.8. The number of benzene rings is 1. The third-order valence-electron chi connectivity index (χ3n) is 2.90. The lowest BCUT2D eigenvalue weighted by Gasteiger charge is -2.09. The summed E-state index contributed by atoms with van der Waals surface area (Å²) in [5, 5.41) is 16.5. The second-order valence-corrected chi connectivity index (χ2v) is 5.00. The molecule has 1 heterocycles.